The zero-order valence-corrected chi connectivity index (χ0v) is 14.1. The molecule has 2 aliphatic carbocycles. The smallest absolute Gasteiger partial charge is 0.227 e. The minimum Gasteiger partial charge on any atom is -0.481 e. The number of anilines is 1. The van der Waals surface area contributed by atoms with Gasteiger partial charge in [0, 0.05) is 42.5 Å². The molecule has 0 radical (unpaired) electrons. The lowest BCUT2D eigenvalue weighted by atomic mass is 9.85. The molecule has 1 fully saturated rings. The monoisotopic (exact) mass is 322 g/mol. The maximum absolute atomic E-state index is 12.2. The lowest BCUT2D eigenvalue weighted by Crippen LogP contribution is -2.33. The molecule has 4 heteroatoms. The lowest BCUT2D eigenvalue weighted by Gasteiger charge is -2.24. The minimum absolute atomic E-state index is 0.0910. The van der Waals surface area contributed by atoms with Crippen LogP contribution in [0.5, 0.6) is 5.75 Å². The molecule has 1 amide bonds. The summed E-state index contributed by atoms with van der Waals surface area (Å²) in [4.78, 5) is 14.3. The SMILES string of the molecule is CN(C)c1ccc2c(c1)C1=CC(NC(=O)C3CCC3)=CC=CC1O2. The van der Waals surface area contributed by atoms with Gasteiger partial charge in [0.15, 0.2) is 0 Å². The summed E-state index contributed by atoms with van der Waals surface area (Å²) in [6, 6.07) is 6.22. The van der Waals surface area contributed by atoms with Crippen LogP contribution in [0.1, 0.15) is 24.8 Å². The Morgan fingerprint density at radius 1 is 1.29 bits per heavy atom. The van der Waals surface area contributed by atoms with E-state index >= 15 is 0 Å². The van der Waals surface area contributed by atoms with E-state index in [9.17, 15) is 4.79 Å². The third kappa shape index (κ3) is 2.62. The summed E-state index contributed by atoms with van der Waals surface area (Å²) in [5.74, 6) is 1.21. The molecule has 0 aromatic heterocycles. The molecule has 4 nitrogen and oxygen atoms in total. The highest BCUT2D eigenvalue weighted by atomic mass is 16.5. The van der Waals surface area contributed by atoms with Crippen LogP contribution in [0.3, 0.4) is 0 Å². The Balaban J connectivity index is 1.64. The molecule has 1 N–H and O–H groups in total. The van der Waals surface area contributed by atoms with Crippen LogP contribution in [0.25, 0.3) is 5.57 Å². The normalized spacial score (nSPS) is 21.5. The average Bonchev–Trinajstić information content (AvgIpc) is 2.70. The van der Waals surface area contributed by atoms with Crippen LogP contribution in [0.15, 0.2) is 48.2 Å². The van der Waals surface area contributed by atoms with Crippen molar-refractivity contribution >= 4 is 17.2 Å². The second-order valence-electron chi connectivity index (χ2n) is 6.84. The van der Waals surface area contributed by atoms with Gasteiger partial charge in [0.25, 0.3) is 0 Å². The highest BCUT2D eigenvalue weighted by molar-refractivity contribution is 5.86. The van der Waals surface area contributed by atoms with Crippen LogP contribution in [-0.4, -0.2) is 26.1 Å². The number of rotatable bonds is 3. The number of nitrogens with one attached hydrogen (secondary N) is 1. The molecule has 24 heavy (non-hydrogen) atoms. The molecule has 1 unspecified atom stereocenters. The van der Waals surface area contributed by atoms with Crippen molar-refractivity contribution in [3.05, 3.63) is 53.8 Å². The predicted octanol–water partition coefficient (Wildman–Crippen LogP) is 3.27. The Morgan fingerprint density at radius 2 is 2.12 bits per heavy atom. The van der Waals surface area contributed by atoms with Crippen LogP contribution < -0.4 is 15.0 Å². The van der Waals surface area contributed by atoms with Crippen molar-refractivity contribution in [1.29, 1.82) is 0 Å². The molecule has 0 spiro atoms. The first-order valence-corrected chi connectivity index (χ1v) is 8.51. The van der Waals surface area contributed by atoms with Crippen molar-refractivity contribution in [3.63, 3.8) is 0 Å². The third-order valence-electron chi connectivity index (χ3n) is 4.97. The van der Waals surface area contributed by atoms with E-state index in [1.165, 1.54) is 0 Å². The zero-order valence-electron chi connectivity index (χ0n) is 14.1. The largest absolute Gasteiger partial charge is 0.481 e. The summed E-state index contributed by atoms with van der Waals surface area (Å²) in [5, 5.41) is 3.07. The quantitative estimate of drug-likeness (QED) is 0.928. The van der Waals surface area contributed by atoms with Gasteiger partial charge in [0.1, 0.15) is 11.9 Å². The van der Waals surface area contributed by atoms with Gasteiger partial charge in [-0.25, -0.2) is 0 Å². The summed E-state index contributed by atoms with van der Waals surface area (Å²) in [5.41, 5.74) is 4.17. The molecule has 0 bridgehead atoms. The van der Waals surface area contributed by atoms with Gasteiger partial charge in [-0.1, -0.05) is 12.5 Å². The molecule has 4 rings (SSSR count). The summed E-state index contributed by atoms with van der Waals surface area (Å²) in [6.45, 7) is 0. The number of fused-ring (bicyclic) bond motifs is 3. The third-order valence-corrected chi connectivity index (χ3v) is 4.97. The van der Waals surface area contributed by atoms with Crippen molar-refractivity contribution in [2.75, 3.05) is 19.0 Å². The van der Waals surface area contributed by atoms with Crippen LogP contribution in [0.4, 0.5) is 5.69 Å². The van der Waals surface area contributed by atoms with Crippen LogP contribution in [-0.2, 0) is 4.79 Å². The Morgan fingerprint density at radius 3 is 2.83 bits per heavy atom. The van der Waals surface area contributed by atoms with E-state index in [0.29, 0.717) is 0 Å². The molecular formula is C20H22N2O2. The molecule has 1 saturated carbocycles. The first-order chi connectivity index (χ1) is 11.6. The van der Waals surface area contributed by atoms with E-state index in [0.717, 1.165) is 47.5 Å². The standard InChI is InChI=1S/C20H22N2O2/c1-22(2)15-9-10-19-17(12-15)16-11-14(7-4-8-18(16)24-19)21-20(23)13-5-3-6-13/h4,7-13,18H,3,5-6H2,1-2H3,(H,21,23). The Hall–Kier alpha value is -2.49. The maximum Gasteiger partial charge on any atom is 0.227 e. The number of carbonyl (C=O) groups excluding carboxylic acids is 1. The summed E-state index contributed by atoms with van der Waals surface area (Å²) < 4.78 is 6.04. The molecule has 1 atom stereocenters. The number of carbonyl (C=O) groups is 1. The Kier molecular flexibility index (Phi) is 3.68. The van der Waals surface area contributed by atoms with E-state index in [-0.39, 0.29) is 17.9 Å². The average molecular weight is 322 g/mol. The molecule has 3 aliphatic rings. The van der Waals surface area contributed by atoms with Gasteiger partial charge in [-0.3, -0.25) is 4.79 Å². The fourth-order valence-corrected chi connectivity index (χ4v) is 3.25. The molecule has 124 valence electrons. The number of allylic oxidation sites excluding steroid dienone is 3. The highest BCUT2D eigenvalue weighted by Gasteiger charge is 2.29. The molecule has 0 saturated heterocycles. The van der Waals surface area contributed by atoms with E-state index in [2.05, 4.69) is 22.3 Å². The summed E-state index contributed by atoms with van der Waals surface area (Å²) in [6.07, 6.45) is 11.1. The molecule has 1 aromatic rings. The van der Waals surface area contributed by atoms with Gasteiger partial charge in [0.05, 0.1) is 0 Å². The van der Waals surface area contributed by atoms with Crippen LogP contribution >= 0.6 is 0 Å². The maximum atomic E-state index is 12.2. The first kappa shape index (κ1) is 15.1. The number of hydrogen-bond donors (Lipinski definition) is 1. The number of nitrogens with zero attached hydrogens (tertiary/aromatic N) is 1. The molecular weight excluding hydrogens is 300 g/mol. The summed E-state index contributed by atoms with van der Waals surface area (Å²) >= 11 is 0. The van der Waals surface area contributed by atoms with E-state index < -0.39 is 0 Å². The second kappa shape index (κ2) is 5.86. The minimum atomic E-state index is -0.0910. The topological polar surface area (TPSA) is 41.6 Å². The molecule has 1 aliphatic heterocycles. The fourth-order valence-electron chi connectivity index (χ4n) is 3.25. The lowest BCUT2D eigenvalue weighted by molar-refractivity contribution is -0.126. The van der Waals surface area contributed by atoms with Gasteiger partial charge in [-0.2, -0.15) is 0 Å². The fraction of sp³-hybridized carbons (Fsp3) is 0.350. The number of hydrogen-bond acceptors (Lipinski definition) is 3. The Bertz CT molecular complexity index is 770. The number of benzene rings is 1. The van der Waals surface area contributed by atoms with Gasteiger partial charge >= 0.3 is 0 Å². The van der Waals surface area contributed by atoms with Gasteiger partial charge < -0.3 is 15.0 Å². The van der Waals surface area contributed by atoms with Crippen molar-refractivity contribution in [1.82, 2.24) is 5.32 Å². The van der Waals surface area contributed by atoms with E-state index in [4.69, 9.17) is 4.74 Å². The summed E-state index contributed by atoms with van der Waals surface area (Å²) in [7, 11) is 4.06. The number of ether oxygens (including phenoxy) is 1. The van der Waals surface area contributed by atoms with Crippen molar-refractivity contribution in [2.45, 2.75) is 25.4 Å². The van der Waals surface area contributed by atoms with Crippen molar-refractivity contribution in [3.8, 4) is 5.75 Å². The molecule has 1 heterocycles. The second-order valence-corrected chi connectivity index (χ2v) is 6.84. The van der Waals surface area contributed by atoms with Crippen LogP contribution in [0.2, 0.25) is 0 Å². The predicted molar refractivity (Wildman–Crippen MR) is 95.9 cm³/mol. The van der Waals surface area contributed by atoms with Crippen LogP contribution in [0, 0.1) is 5.92 Å². The first-order valence-electron chi connectivity index (χ1n) is 8.51. The highest BCUT2D eigenvalue weighted by Crippen LogP contribution is 2.41. The van der Waals surface area contributed by atoms with Gasteiger partial charge in [0.2, 0.25) is 5.91 Å². The van der Waals surface area contributed by atoms with E-state index in [1.54, 1.807) is 0 Å². The zero-order chi connectivity index (χ0) is 16.7. The Labute approximate surface area is 142 Å². The van der Waals surface area contributed by atoms with Crippen molar-refractivity contribution in [2.24, 2.45) is 5.92 Å². The van der Waals surface area contributed by atoms with Gasteiger partial charge in [-0.15, -0.1) is 0 Å². The van der Waals surface area contributed by atoms with E-state index in [1.807, 2.05) is 44.5 Å². The van der Waals surface area contributed by atoms with Crippen molar-refractivity contribution < 1.29 is 9.53 Å². The van der Waals surface area contributed by atoms with Gasteiger partial charge in [-0.05, 0) is 49.3 Å². The molecule has 1 aromatic carbocycles. The number of amides is 1.